The van der Waals surface area contributed by atoms with Crippen LogP contribution in [0.5, 0.6) is 0 Å². The van der Waals surface area contributed by atoms with Crippen molar-refractivity contribution >= 4 is 17.4 Å². The summed E-state index contributed by atoms with van der Waals surface area (Å²) < 4.78 is 1.74. The van der Waals surface area contributed by atoms with Gasteiger partial charge in [-0.3, -0.25) is 9.48 Å². The lowest BCUT2D eigenvalue weighted by atomic mass is 9.90. The third-order valence-electron chi connectivity index (χ3n) is 4.78. The van der Waals surface area contributed by atoms with Crippen molar-refractivity contribution in [3.63, 3.8) is 0 Å². The Morgan fingerprint density at radius 1 is 1.53 bits per heavy atom. The number of carbonyl (C=O) groups excluding carboxylic acids is 1. The Morgan fingerprint density at radius 2 is 2.21 bits per heavy atom. The highest BCUT2D eigenvalue weighted by Crippen LogP contribution is 2.59. The Hall–Kier alpha value is -0.870. The molecule has 1 N–H and O–H groups in total. The van der Waals surface area contributed by atoms with Gasteiger partial charge in [-0.05, 0) is 44.7 Å². The number of piperidine rings is 1. The van der Waals surface area contributed by atoms with Gasteiger partial charge < -0.3 is 5.32 Å². The Labute approximate surface area is 118 Å². The van der Waals surface area contributed by atoms with E-state index in [-0.39, 0.29) is 5.92 Å². The molecule has 19 heavy (non-hydrogen) atoms. The van der Waals surface area contributed by atoms with E-state index in [2.05, 4.69) is 10.4 Å². The molecule has 2 aliphatic rings. The number of rotatable bonds is 3. The number of nitrogens with one attached hydrogen (secondary N) is 1. The second-order valence-corrected chi connectivity index (χ2v) is 6.36. The second kappa shape index (κ2) is 4.60. The van der Waals surface area contributed by atoms with Crippen molar-refractivity contribution in [2.75, 3.05) is 13.1 Å². The summed E-state index contributed by atoms with van der Waals surface area (Å²) in [6.07, 6.45) is 3.78. The molecule has 1 saturated carbocycles. The summed E-state index contributed by atoms with van der Waals surface area (Å²) in [5.41, 5.74) is 1.97. The van der Waals surface area contributed by atoms with Gasteiger partial charge >= 0.3 is 0 Å². The van der Waals surface area contributed by atoms with E-state index in [0.29, 0.717) is 22.6 Å². The van der Waals surface area contributed by atoms with Crippen molar-refractivity contribution in [1.82, 2.24) is 15.1 Å². The summed E-state index contributed by atoms with van der Waals surface area (Å²) in [4.78, 5) is 12.4. The minimum atomic E-state index is 0.251. The molecule has 1 saturated heterocycles. The van der Waals surface area contributed by atoms with Gasteiger partial charge in [-0.15, -0.1) is 0 Å². The molecule has 0 radical (unpaired) electrons. The van der Waals surface area contributed by atoms with Gasteiger partial charge in [0.15, 0.2) is 0 Å². The van der Waals surface area contributed by atoms with E-state index < -0.39 is 0 Å². The number of ketones is 1. The quantitative estimate of drug-likeness (QED) is 0.920. The van der Waals surface area contributed by atoms with E-state index in [1.54, 1.807) is 4.68 Å². The van der Waals surface area contributed by atoms with Gasteiger partial charge in [0.25, 0.3) is 0 Å². The average Bonchev–Trinajstić information content (AvgIpc) is 3.02. The van der Waals surface area contributed by atoms with Crippen molar-refractivity contribution in [2.45, 2.75) is 32.6 Å². The molecule has 1 aromatic heterocycles. The minimum Gasteiger partial charge on any atom is -0.317 e. The van der Waals surface area contributed by atoms with Gasteiger partial charge in [0.2, 0.25) is 0 Å². The zero-order valence-corrected chi connectivity index (χ0v) is 12.3. The first kappa shape index (κ1) is 13.1. The van der Waals surface area contributed by atoms with Gasteiger partial charge in [-0.25, -0.2) is 0 Å². The van der Waals surface area contributed by atoms with Crippen molar-refractivity contribution < 1.29 is 4.79 Å². The van der Waals surface area contributed by atoms with Crippen LogP contribution in [0.2, 0.25) is 5.02 Å². The number of aryl methyl sites for hydroxylation is 2. The second-order valence-electron chi connectivity index (χ2n) is 5.98. The van der Waals surface area contributed by atoms with Crippen LogP contribution in [-0.2, 0) is 18.3 Å². The van der Waals surface area contributed by atoms with Gasteiger partial charge in [-0.1, -0.05) is 11.6 Å². The fourth-order valence-electron chi connectivity index (χ4n) is 3.44. The molecule has 2 heterocycles. The molecule has 3 rings (SSSR count). The van der Waals surface area contributed by atoms with Gasteiger partial charge in [0.1, 0.15) is 5.78 Å². The van der Waals surface area contributed by atoms with Crippen LogP contribution in [-0.4, -0.2) is 28.7 Å². The van der Waals surface area contributed by atoms with Crippen LogP contribution in [0.3, 0.4) is 0 Å². The highest BCUT2D eigenvalue weighted by Gasteiger charge is 2.57. The maximum atomic E-state index is 12.4. The van der Waals surface area contributed by atoms with Crippen LogP contribution in [0.25, 0.3) is 0 Å². The highest BCUT2D eigenvalue weighted by molar-refractivity contribution is 6.32. The molecule has 1 aliphatic heterocycles. The molecule has 1 spiro atoms. The number of nitrogens with zero attached hydrogens (tertiary/aromatic N) is 2. The lowest BCUT2D eigenvalue weighted by Gasteiger charge is -2.23. The minimum absolute atomic E-state index is 0.251. The van der Waals surface area contributed by atoms with E-state index in [0.717, 1.165) is 43.7 Å². The average molecular weight is 282 g/mol. The maximum Gasteiger partial charge on any atom is 0.142 e. The van der Waals surface area contributed by atoms with Crippen LogP contribution < -0.4 is 5.32 Å². The van der Waals surface area contributed by atoms with Crippen molar-refractivity contribution in [3.05, 3.63) is 16.4 Å². The van der Waals surface area contributed by atoms with E-state index in [9.17, 15) is 4.79 Å². The predicted octanol–water partition coefficient (Wildman–Crippen LogP) is 1.88. The largest absolute Gasteiger partial charge is 0.317 e. The van der Waals surface area contributed by atoms with Crippen LogP contribution >= 0.6 is 11.6 Å². The SMILES string of the molecule is Cc1nn(C)c(CC(=O)C2CC23CCNCC3)c1Cl. The Bertz CT molecular complexity index is 517. The van der Waals surface area contributed by atoms with E-state index in [1.807, 2.05) is 14.0 Å². The monoisotopic (exact) mass is 281 g/mol. The van der Waals surface area contributed by atoms with Crippen molar-refractivity contribution in [2.24, 2.45) is 18.4 Å². The fourth-order valence-corrected chi connectivity index (χ4v) is 3.67. The Balaban J connectivity index is 1.69. The first-order valence-corrected chi connectivity index (χ1v) is 7.33. The zero-order chi connectivity index (χ0) is 13.6. The highest BCUT2D eigenvalue weighted by atomic mass is 35.5. The first-order chi connectivity index (χ1) is 9.03. The van der Waals surface area contributed by atoms with Crippen LogP contribution in [0.1, 0.15) is 30.7 Å². The summed E-state index contributed by atoms with van der Waals surface area (Å²) in [6, 6.07) is 0. The number of halogens is 1. The van der Waals surface area contributed by atoms with Crippen LogP contribution in [0.15, 0.2) is 0 Å². The van der Waals surface area contributed by atoms with E-state index in [1.165, 1.54) is 0 Å². The number of Topliss-reactive ketones (excluding diaryl/α,β-unsaturated/α-hetero) is 1. The fraction of sp³-hybridized carbons (Fsp3) is 0.714. The number of hydrogen-bond donors (Lipinski definition) is 1. The molecule has 1 aliphatic carbocycles. The molecule has 5 heteroatoms. The van der Waals surface area contributed by atoms with Crippen molar-refractivity contribution in [1.29, 1.82) is 0 Å². The van der Waals surface area contributed by atoms with Crippen LogP contribution in [0.4, 0.5) is 0 Å². The Morgan fingerprint density at radius 3 is 2.79 bits per heavy atom. The molecule has 0 bridgehead atoms. The predicted molar refractivity (Wildman–Crippen MR) is 74.3 cm³/mol. The molecular weight excluding hydrogens is 262 g/mol. The summed E-state index contributed by atoms with van der Waals surface area (Å²) in [7, 11) is 1.86. The molecule has 1 aromatic rings. The summed E-state index contributed by atoms with van der Waals surface area (Å²) in [5, 5.41) is 8.28. The third-order valence-corrected chi connectivity index (χ3v) is 5.27. The maximum absolute atomic E-state index is 12.4. The van der Waals surface area contributed by atoms with E-state index in [4.69, 9.17) is 11.6 Å². The number of hydrogen-bond acceptors (Lipinski definition) is 3. The van der Waals surface area contributed by atoms with E-state index >= 15 is 0 Å². The molecule has 1 atom stereocenters. The van der Waals surface area contributed by atoms with Crippen LogP contribution in [0, 0.1) is 18.3 Å². The number of aromatic nitrogens is 2. The summed E-state index contributed by atoms with van der Waals surface area (Å²) >= 11 is 6.21. The molecule has 104 valence electrons. The van der Waals surface area contributed by atoms with Gasteiger partial charge in [0, 0.05) is 13.0 Å². The standard InChI is InChI=1S/C14H20ClN3O/c1-9-13(15)11(18(2)17-9)7-12(19)10-8-14(10)3-5-16-6-4-14/h10,16H,3-8H2,1-2H3. The van der Waals surface area contributed by atoms with Gasteiger partial charge in [0.05, 0.1) is 22.8 Å². The topological polar surface area (TPSA) is 46.9 Å². The number of carbonyl (C=O) groups is 1. The molecule has 1 unspecified atom stereocenters. The Kier molecular flexibility index (Phi) is 3.18. The van der Waals surface area contributed by atoms with Gasteiger partial charge in [-0.2, -0.15) is 5.10 Å². The molecule has 0 amide bonds. The lowest BCUT2D eigenvalue weighted by Crippen LogP contribution is -2.31. The first-order valence-electron chi connectivity index (χ1n) is 6.95. The zero-order valence-electron chi connectivity index (χ0n) is 11.5. The lowest BCUT2D eigenvalue weighted by molar-refractivity contribution is -0.120. The normalized spacial score (nSPS) is 24.7. The third kappa shape index (κ3) is 2.21. The summed E-state index contributed by atoms with van der Waals surface area (Å²) in [6.45, 7) is 3.98. The van der Waals surface area contributed by atoms with Crippen molar-refractivity contribution in [3.8, 4) is 0 Å². The molecule has 0 aromatic carbocycles. The molecule has 2 fully saturated rings. The molecule has 4 nitrogen and oxygen atoms in total. The molecular formula is C14H20ClN3O. The summed E-state index contributed by atoms with van der Waals surface area (Å²) in [5.74, 6) is 0.590. The smallest absolute Gasteiger partial charge is 0.142 e.